The molecule has 0 aliphatic carbocycles. The highest BCUT2D eigenvalue weighted by Gasteiger charge is 2.35. The van der Waals surface area contributed by atoms with Gasteiger partial charge in [0.15, 0.2) is 0 Å². The van der Waals surface area contributed by atoms with Gasteiger partial charge in [0.2, 0.25) is 0 Å². The van der Waals surface area contributed by atoms with Crippen molar-refractivity contribution in [2.45, 2.75) is 6.54 Å². The fraction of sp³-hybridized carbons (Fsp3) is 0.111. The zero-order valence-electron chi connectivity index (χ0n) is 13.2. The molecule has 7 heteroatoms. The van der Waals surface area contributed by atoms with Gasteiger partial charge >= 0.3 is 0 Å². The molecule has 25 heavy (non-hydrogen) atoms. The van der Waals surface area contributed by atoms with Gasteiger partial charge in [-0.05, 0) is 53.7 Å². The molecule has 0 atom stereocenters. The van der Waals surface area contributed by atoms with Gasteiger partial charge < -0.3 is 4.74 Å². The van der Waals surface area contributed by atoms with Crippen LogP contribution in [0.15, 0.2) is 51.8 Å². The van der Waals surface area contributed by atoms with Crippen molar-refractivity contribution in [3.8, 4) is 5.75 Å². The first-order valence-corrected chi connectivity index (χ1v) is 8.92. The van der Waals surface area contributed by atoms with Gasteiger partial charge in [0.1, 0.15) is 11.6 Å². The van der Waals surface area contributed by atoms with Gasteiger partial charge in [-0.3, -0.25) is 14.5 Å². The van der Waals surface area contributed by atoms with Crippen LogP contribution < -0.4 is 4.74 Å². The second kappa shape index (κ2) is 7.41. The van der Waals surface area contributed by atoms with Crippen LogP contribution in [0, 0.1) is 5.82 Å². The van der Waals surface area contributed by atoms with Crippen molar-refractivity contribution in [3.63, 3.8) is 0 Å². The van der Waals surface area contributed by atoms with Crippen molar-refractivity contribution in [3.05, 3.63) is 68.8 Å². The first-order chi connectivity index (χ1) is 12.0. The van der Waals surface area contributed by atoms with Crippen LogP contribution in [0.4, 0.5) is 9.18 Å². The Kier molecular flexibility index (Phi) is 5.24. The number of amides is 2. The van der Waals surface area contributed by atoms with Gasteiger partial charge in [0.25, 0.3) is 11.1 Å². The van der Waals surface area contributed by atoms with Crippen LogP contribution in [0.2, 0.25) is 0 Å². The number of thioether (sulfide) groups is 1. The highest BCUT2D eigenvalue weighted by molar-refractivity contribution is 9.10. The summed E-state index contributed by atoms with van der Waals surface area (Å²) in [4.78, 5) is 26.2. The van der Waals surface area contributed by atoms with E-state index in [1.807, 2.05) is 12.1 Å². The highest BCUT2D eigenvalue weighted by atomic mass is 79.9. The van der Waals surface area contributed by atoms with Crippen molar-refractivity contribution >= 4 is 44.9 Å². The molecular weight excluding hydrogens is 409 g/mol. The summed E-state index contributed by atoms with van der Waals surface area (Å²) in [5.74, 6) is -0.130. The van der Waals surface area contributed by atoms with Crippen LogP contribution in [0.1, 0.15) is 11.1 Å². The molecule has 1 aliphatic heterocycles. The summed E-state index contributed by atoms with van der Waals surface area (Å²) in [6.07, 6.45) is 1.64. The van der Waals surface area contributed by atoms with E-state index in [2.05, 4.69) is 15.9 Å². The van der Waals surface area contributed by atoms with E-state index in [-0.39, 0.29) is 23.5 Å². The Morgan fingerprint density at radius 2 is 1.92 bits per heavy atom. The topological polar surface area (TPSA) is 46.6 Å². The van der Waals surface area contributed by atoms with Gasteiger partial charge in [-0.15, -0.1) is 0 Å². The van der Waals surface area contributed by atoms with E-state index in [0.717, 1.165) is 21.1 Å². The molecule has 0 radical (unpaired) electrons. The van der Waals surface area contributed by atoms with Crippen molar-refractivity contribution in [1.82, 2.24) is 4.90 Å². The van der Waals surface area contributed by atoms with Crippen LogP contribution in [0.5, 0.6) is 5.75 Å². The third-order valence-corrected chi connectivity index (χ3v) is 5.01. The van der Waals surface area contributed by atoms with Gasteiger partial charge in [0.05, 0.1) is 18.6 Å². The van der Waals surface area contributed by atoms with Gasteiger partial charge in [-0.2, -0.15) is 0 Å². The largest absolute Gasteiger partial charge is 0.496 e. The Hall–Kier alpha value is -2.12. The summed E-state index contributed by atoms with van der Waals surface area (Å²) in [5.41, 5.74) is 1.38. The number of nitrogens with zero attached hydrogens (tertiary/aromatic N) is 1. The number of carbonyl (C=O) groups excluding carboxylic acids is 2. The summed E-state index contributed by atoms with van der Waals surface area (Å²) in [6.45, 7) is 0.109. The molecule has 3 rings (SSSR count). The summed E-state index contributed by atoms with van der Waals surface area (Å²) in [5, 5.41) is -0.352. The molecule has 0 aromatic heterocycles. The first kappa shape index (κ1) is 17.7. The second-order valence-corrected chi connectivity index (χ2v) is 7.19. The molecule has 4 nitrogen and oxygen atoms in total. The molecule has 2 amide bonds. The molecule has 0 unspecified atom stereocenters. The van der Waals surface area contributed by atoms with E-state index in [1.54, 1.807) is 31.4 Å². The Morgan fingerprint density at radius 3 is 2.60 bits per heavy atom. The predicted octanol–water partition coefficient (Wildman–Crippen LogP) is 4.83. The van der Waals surface area contributed by atoms with Crippen molar-refractivity contribution in [2.24, 2.45) is 0 Å². The fourth-order valence-electron chi connectivity index (χ4n) is 2.37. The van der Waals surface area contributed by atoms with E-state index in [0.29, 0.717) is 21.8 Å². The number of hydrogen-bond acceptors (Lipinski definition) is 4. The van der Waals surface area contributed by atoms with Gasteiger partial charge in [0, 0.05) is 10.0 Å². The number of methoxy groups -OCH3 is 1. The third-order valence-electron chi connectivity index (χ3n) is 3.61. The molecule has 2 aromatic carbocycles. The van der Waals surface area contributed by atoms with Gasteiger partial charge in [-0.25, -0.2) is 4.39 Å². The molecule has 128 valence electrons. The number of imide groups is 1. The monoisotopic (exact) mass is 421 g/mol. The number of carbonyl (C=O) groups is 2. The number of benzene rings is 2. The van der Waals surface area contributed by atoms with Crippen LogP contribution in [0.3, 0.4) is 0 Å². The Balaban J connectivity index is 1.86. The maximum Gasteiger partial charge on any atom is 0.293 e. The molecule has 0 N–H and O–H groups in total. The number of hydrogen-bond donors (Lipinski definition) is 0. The number of halogens is 2. The SMILES string of the molecule is COc1ccc(Br)cc1/C=C1\SC(=O)N(Cc2ccc(F)cc2)C1=O. The van der Waals surface area contributed by atoms with Crippen LogP contribution in [-0.2, 0) is 11.3 Å². The van der Waals surface area contributed by atoms with Crippen molar-refractivity contribution in [2.75, 3.05) is 7.11 Å². The zero-order valence-corrected chi connectivity index (χ0v) is 15.6. The molecule has 0 saturated carbocycles. The highest BCUT2D eigenvalue weighted by Crippen LogP contribution is 2.35. The summed E-state index contributed by atoms with van der Waals surface area (Å²) in [7, 11) is 1.54. The van der Waals surface area contributed by atoms with E-state index < -0.39 is 0 Å². The average molecular weight is 422 g/mol. The molecular formula is C18H13BrFNO3S. The Labute approximate surface area is 156 Å². The van der Waals surface area contributed by atoms with E-state index >= 15 is 0 Å². The minimum Gasteiger partial charge on any atom is -0.496 e. The smallest absolute Gasteiger partial charge is 0.293 e. The standard InChI is InChI=1S/C18H13BrFNO3S/c1-24-15-7-4-13(19)8-12(15)9-16-17(22)21(18(23)25-16)10-11-2-5-14(20)6-3-11/h2-9H,10H2,1H3/b16-9-. The van der Waals surface area contributed by atoms with Crippen LogP contribution in [-0.4, -0.2) is 23.2 Å². The maximum absolute atomic E-state index is 13.0. The molecule has 1 heterocycles. The number of ether oxygens (including phenoxy) is 1. The fourth-order valence-corrected chi connectivity index (χ4v) is 3.58. The van der Waals surface area contributed by atoms with Crippen molar-refractivity contribution < 1.29 is 18.7 Å². The average Bonchev–Trinajstić information content (AvgIpc) is 2.84. The lowest BCUT2D eigenvalue weighted by Gasteiger charge is -2.12. The minimum atomic E-state index is -0.374. The minimum absolute atomic E-state index is 0.109. The zero-order chi connectivity index (χ0) is 18.0. The predicted molar refractivity (Wildman–Crippen MR) is 98.6 cm³/mol. The van der Waals surface area contributed by atoms with Crippen molar-refractivity contribution in [1.29, 1.82) is 0 Å². The lowest BCUT2D eigenvalue weighted by molar-refractivity contribution is -0.123. The third kappa shape index (κ3) is 3.93. The normalized spacial score (nSPS) is 16.0. The first-order valence-electron chi connectivity index (χ1n) is 7.31. The van der Waals surface area contributed by atoms with E-state index in [9.17, 15) is 14.0 Å². The van der Waals surface area contributed by atoms with Crippen LogP contribution in [0.25, 0.3) is 6.08 Å². The van der Waals surface area contributed by atoms with Gasteiger partial charge in [-0.1, -0.05) is 28.1 Å². The van der Waals surface area contributed by atoms with Crippen LogP contribution >= 0.6 is 27.7 Å². The molecule has 1 aliphatic rings. The summed E-state index contributed by atoms with van der Waals surface area (Å²) in [6, 6.07) is 11.1. The van der Waals surface area contributed by atoms with E-state index in [1.165, 1.54) is 12.1 Å². The van der Waals surface area contributed by atoms with E-state index in [4.69, 9.17) is 4.74 Å². The molecule has 2 aromatic rings. The lowest BCUT2D eigenvalue weighted by Crippen LogP contribution is -2.27. The molecule has 0 bridgehead atoms. The molecule has 0 spiro atoms. The summed E-state index contributed by atoms with van der Waals surface area (Å²) < 4.78 is 19.1. The maximum atomic E-state index is 13.0. The Morgan fingerprint density at radius 1 is 1.20 bits per heavy atom. The number of rotatable bonds is 4. The quantitative estimate of drug-likeness (QED) is 0.663. The second-order valence-electron chi connectivity index (χ2n) is 5.28. The molecule has 1 saturated heterocycles. The summed E-state index contributed by atoms with van der Waals surface area (Å²) >= 11 is 4.26. The Bertz CT molecular complexity index is 867. The molecule has 1 fully saturated rings. The lowest BCUT2D eigenvalue weighted by atomic mass is 10.1.